The highest BCUT2D eigenvalue weighted by molar-refractivity contribution is 5.52. The summed E-state index contributed by atoms with van der Waals surface area (Å²) in [5.41, 5.74) is 13.1. The van der Waals surface area contributed by atoms with Crippen molar-refractivity contribution in [2.45, 2.75) is 6.92 Å². The Labute approximate surface area is 54.5 Å². The number of hydrogen-bond acceptors (Lipinski definition) is 2. The van der Waals surface area contributed by atoms with Crippen molar-refractivity contribution in [1.29, 1.82) is 0 Å². The number of aryl methyl sites for hydroxylation is 1. The number of anilines is 2. The molecule has 0 atom stereocenters. The molecule has 0 aliphatic heterocycles. The maximum Gasteiger partial charge on any atom is 0.0418 e. The molecule has 0 spiro atoms. The van der Waals surface area contributed by atoms with Gasteiger partial charge in [0.1, 0.15) is 0 Å². The second-order valence-corrected chi connectivity index (χ2v) is 2.07. The SMILES string of the molecule is Cc1cc(N)[c]c(N)c1. The Morgan fingerprint density at radius 1 is 1.22 bits per heavy atom. The fourth-order valence-electron chi connectivity index (χ4n) is 0.771. The van der Waals surface area contributed by atoms with Crippen LogP contribution in [0.3, 0.4) is 0 Å². The minimum absolute atomic E-state index is 0.604. The van der Waals surface area contributed by atoms with Gasteiger partial charge in [0.2, 0.25) is 0 Å². The summed E-state index contributed by atoms with van der Waals surface area (Å²) in [6.45, 7) is 1.94. The van der Waals surface area contributed by atoms with Crippen molar-refractivity contribution in [2.75, 3.05) is 11.5 Å². The van der Waals surface area contributed by atoms with Crippen LogP contribution in [0, 0.1) is 13.0 Å². The van der Waals surface area contributed by atoms with Crippen LogP contribution in [-0.4, -0.2) is 0 Å². The van der Waals surface area contributed by atoms with Gasteiger partial charge in [-0.05, 0) is 24.6 Å². The first-order chi connectivity index (χ1) is 4.18. The molecule has 0 fully saturated rings. The number of hydrogen-bond donors (Lipinski definition) is 2. The van der Waals surface area contributed by atoms with E-state index in [9.17, 15) is 0 Å². The monoisotopic (exact) mass is 121 g/mol. The van der Waals surface area contributed by atoms with Gasteiger partial charge in [0.25, 0.3) is 0 Å². The number of nitrogens with two attached hydrogens (primary N) is 2. The van der Waals surface area contributed by atoms with Crippen LogP contribution < -0.4 is 11.5 Å². The van der Waals surface area contributed by atoms with Crippen LogP contribution in [-0.2, 0) is 0 Å². The van der Waals surface area contributed by atoms with Gasteiger partial charge in [0.05, 0.1) is 0 Å². The van der Waals surface area contributed by atoms with Crippen LogP contribution in [0.5, 0.6) is 0 Å². The van der Waals surface area contributed by atoms with Crippen molar-refractivity contribution in [1.82, 2.24) is 0 Å². The van der Waals surface area contributed by atoms with Gasteiger partial charge < -0.3 is 11.5 Å². The molecule has 4 N–H and O–H groups in total. The third kappa shape index (κ3) is 1.35. The highest BCUT2D eigenvalue weighted by Crippen LogP contribution is 2.10. The van der Waals surface area contributed by atoms with Crippen molar-refractivity contribution in [3.05, 3.63) is 23.8 Å². The molecule has 0 bridgehead atoms. The molecule has 2 nitrogen and oxygen atoms in total. The van der Waals surface area contributed by atoms with Crippen LogP contribution in [0.4, 0.5) is 11.4 Å². The van der Waals surface area contributed by atoms with Crippen molar-refractivity contribution in [3.8, 4) is 0 Å². The molecule has 47 valence electrons. The standard InChI is InChI=1S/C7H9N2/c1-5-2-6(8)4-7(9)3-5/h2-3H,8-9H2,1H3. The van der Waals surface area contributed by atoms with Gasteiger partial charge in [-0.1, -0.05) is 0 Å². The smallest absolute Gasteiger partial charge is 0.0418 e. The van der Waals surface area contributed by atoms with Crippen LogP contribution in [0.15, 0.2) is 12.1 Å². The predicted molar refractivity (Wildman–Crippen MR) is 38.8 cm³/mol. The molecule has 0 aliphatic carbocycles. The molecule has 0 heterocycles. The van der Waals surface area contributed by atoms with E-state index in [1.54, 1.807) is 0 Å². The molecule has 0 aromatic heterocycles. The van der Waals surface area contributed by atoms with Crippen LogP contribution in [0.1, 0.15) is 5.56 Å². The quantitative estimate of drug-likeness (QED) is 0.502. The third-order valence-corrected chi connectivity index (χ3v) is 1.06. The van der Waals surface area contributed by atoms with Gasteiger partial charge in [-0.3, -0.25) is 0 Å². The fourth-order valence-corrected chi connectivity index (χ4v) is 0.771. The van der Waals surface area contributed by atoms with E-state index in [1.807, 2.05) is 19.1 Å². The summed E-state index contributed by atoms with van der Waals surface area (Å²) in [6.07, 6.45) is 0. The maximum absolute atomic E-state index is 5.42. The second-order valence-electron chi connectivity index (χ2n) is 2.07. The third-order valence-electron chi connectivity index (χ3n) is 1.06. The summed E-state index contributed by atoms with van der Waals surface area (Å²) in [6, 6.07) is 6.43. The van der Waals surface area contributed by atoms with Crippen LogP contribution in [0.2, 0.25) is 0 Å². The van der Waals surface area contributed by atoms with E-state index in [0.29, 0.717) is 11.4 Å². The van der Waals surface area contributed by atoms with E-state index in [1.165, 1.54) is 0 Å². The van der Waals surface area contributed by atoms with Crippen molar-refractivity contribution >= 4 is 11.4 Å². The lowest BCUT2D eigenvalue weighted by molar-refractivity contribution is 1.47. The topological polar surface area (TPSA) is 52.0 Å². The van der Waals surface area contributed by atoms with Gasteiger partial charge in [-0.25, -0.2) is 0 Å². The lowest BCUT2D eigenvalue weighted by Crippen LogP contribution is -1.90. The number of nitrogen functional groups attached to an aromatic ring is 2. The summed E-state index contributed by atoms with van der Waals surface area (Å²) in [5.74, 6) is 0. The summed E-state index contributed by atoms with van der Waals surface area (Å²) in [4.78, 5) is 0. The molecule has 9 heavy (non-hydrogen) atoms. The summed E-state index contributed by atoms with van der Waals surface area (Å²) in [7, 11) is 0. The molecule has 1 aromatic carbocycles. The predicted octanol–water partition coefficient (Wildman–Crippen LogP) is 0.960. The lowest BCUT2D eigenvalue weighted by Gasteiger charge is -1.96. The number of benzene rings is 1. The van der Waals surface area contributed by atoms with Gasteiger partial charge in [0, 0.05) is 17.4 Å². The van der Waals surface area contributed by atoms with Crippen molar-refractivity contribution < 1.29 is 0 Å². The van der Waals surface area contributed by atoms with Crippen LogP contribution >= 0.6 is 0 Å². The molecule has 1 radical (unpaired) electrons. The van der Waals surface area contributed by atoms with E-state index in [2.05, 4.69) is 6.07 Å². The molecule has 0 saturated carbocycles. The molecular formula is C7H9N2. The summed E-state index contributed by atoms with van der Waals surface area (Å²) >= 11 is 0. The summed E-state index contributed by atoms with van der Waals surface area (Å²) in [5, 5.41) is 0. The van der Waals surface area contributed by atoms with E-state index >= 15 is 0 Å². The molecule has 0 aliphatic rings. The number of rotatable bonds is 0. The Morgan fingerprint density at radius 2 is 1.67 bits per heavy atom. The lowest BCUT2D eigenvalue weighted by atomic mass is 10.2. The molecule has 0 amide bonds. The molecule has 1 aromatic rings. The normalized spacial score (nSPS) is 9.44. The first-order valence-electron chi connectivity index (χ1n) is 2.73. The Hall–Kier alpha value is -1.18. The average molecular weight is 121 g/mol. The van der Waals surface area contributed by atoms with Gasteiger partial charge in [-0.2, -0.15) is 0 Å². The Balaban J connectivity index is 3.17. The zero-order chi connectivity index (χ0) is 6.85. The van der Waals surface area contributed by atoms with E-state index in [-0.39, 0.29) is 0 Å². The molecule has 0 unspecified atom stereocenters. The Kier molecular flexibility index (Phi) is 1.30. The van der Waals surface area contributed by atoms with E-state index < -0.39 is 0 Å². The van der Waals surface area contributed by atoms with Crippen molar-refractivity contribution in [2.24, 2.45) is 0 Å². The largest absolute Gasteiger partial charge is 0.398 e. The zero-order valence-corrected chi connectivity index (χ0v) is 5.31. The minimum Gasteiger partial charge on any atom is -0.398 e. The van der Waals surface area contributed by atoms with Crippen LogP contribution in [0.25, 0.3) is 0 Å². The average Bonchev–Trinajstić information content (AvgIpc) is 1.59. The Bertz CT molecular complexity index is 168. The molecule has 1 rings (SSSR count). The first kappa shape index (κ1) is 5.95. The summed E-state index contributed by atoms with van der Waals surface area (Å²) < 4.78 is 0. The Morgan fingerprint density at radius 3 is 2.00 bits per heavy atom. The maximum atomic E-state index is 5.42. The first-order valence-corrected chi connectivity index (χ1v) is 2.73. The molecule has 2 heteroatoms. The zero-order valence-electron chi connectivity index (χ0n) is 5.31. The second kappa shape index (κ2) is 1.97. The molecule has 0 saturated heterocycles. The highest BCUT2D eigenvalue weighted by Gasteiger charge is 1.89. The van der Waals surface area contributed by atoms with E-state index in [4.69, 9.17) is 11.5 Å². The van der Waals surface area contributed by atoms with Gasteiger partial charge >= 0.3 is 0 Å². The van der Waals surface area contributed by atoms with Gasteiger partial charge in [0.15, 0.2) is 0 Å². The van der Waals surface area contributed by atoms with E-state index in [0.717, 1.165) is 5.56 Å². The van der Waals surface area contributed by atoms with Gasteiger partial charge in [-0.15, -0.1) is 0 Å². The highest BCUT2D eigenvalue weighted by atomic mass is 14.6. The fraction of sp³-hybridized carbons (Fsp3) is 0.143. The minimum atomic E-state index is 0.604. The molecular weight excluding hydrogens is 112 g/mol. The van der Waals surface area contributed by atoms with Crippen molar-refractivity contribution in [3.63, 3.8) is 0 Å².